The van der Waals surface area contributed by atoms with Crippen LogP contribution in [0.5, 0.6) is 0 Å². The highest BCUT2D eigenvalue weighted by atomic mass is 16.4. The minimum atomic E-state index is -0.282. The van der Waals surface area contributed by atoms with Gasteiger partial charge in [-0.25, -0.2) is 0 Å². The number of aromatic nitrogens is 2. The van der Waals surface area contributed by atoms with E-state index >= 15 is 0 Å². The maximum Gasteiger partial charge on any atom is 0.247 e. The quantitative estimate of drug-likeness (QED) is 0.889. The van der Waals surface area contributed by atoms with Crippen LogP contribution in [0.4, 0.5) is 0 Å². The molecule has 7 heteroatoms. The van der Waals surface area contributed by atoms with Crippen molar-refractivity contribution in [3.05, 3.63) is 36.2 Å². The zero-order chi connectivity index (χ0) is 17.8. The van der Waals surface area contributed by atoms with Crippen LogP contribution < -0.4 is 0 Å². The third-order valence-electron chi connectivity index (χ3n) is 4.68. The zero-order valence-corrected chi connectivity index (χ0v) is 14.6. The van der Waals surface area contributed by atoms with Gasteiger partial charge < -0.3 is 14.4 Å². The highest BCUT2D eigenvalue weighted by Crippen LogP contribution is 2.23. The number of hydrogen-bond donors (Lipinski definition) is 1. The van der Waals surface area contributed by atoms with Crippen LogP contribution in [0.15, 0.2) is 34.7 Å². The highest BCUT2D eigenvalue weighted by molar-refractivity contribution is 5.78. The summed E-state index contributed by atoms with van der Waals surface area (Å²) in [6.45, 7) is 3.44. The molecular formula is C18H24N4O3. The van der Waals surface area contributed by atoms with E-state index in [4.69, 9.17) is 4.42 Å². The number of amides is 1. The fourth-order valence-electron chi connectivity index (χ4n) is 2.85. The number of aliphatic hydroxyl groups excluding tert-OH is 1. The number of carbonyl (C=O) groups excluding carboxylic acids is 1. The molecule has 1 fully saturated rings. The van der Waals surface area contributed by atoms with Gasteiger partial charge in [0.05, 0.1) is 18.7 Å². The summed E-state index contributed by atoms with van der Waals surface area (Å²) in [5, 5.41) is 17.8. The summed E-state index contributed by atoms with van der Waals surface area (Å²) < 4.78 is 5.77. The van der Waals surface area contributed by atoms with E-state index in [-0.39, 0.29) is 24.6 Å². The summed E-state index contributed by atoms with van der Waals surface area (Å²) in [4.78, 5) is 16.1. The molecule has 0 spiro atoms. The highest BCUT2D eigenvalue weighted by Gasteiger charge is 2.25. The molecule has 134 valence electrons. The first-order valence-corrected chi connectivity index (χ1v) is 8.59. The molecule has 25 heavy (non-hydrogen) atoms. The molecule has 3 rings (SSSR count). The van der Waals surface area contributed by atoms with Gasteiger partial charge in [-0.05, 0) is 38.9 Å². The van der Waals surface area contributed by atoms with Crippen LogP contribution in [0.2, 0.25) is 0 Å². The lowest BCUT2D eigenvalue weighted by atomic mass is 10.1. The number of nitrogens with zero attached hydrogens (tertiary/aromatic N) is 4. The third-order valence-corrected chi connectivity index (χ3v) is 4.68. The van der Waals surface area contributed by atoms with Crippen molar-refractivity contribution >= 4 is 5.91 Å². The normalized spacial score (nSPS) is 17.0. The van der Waals surface area contributed by atoms with E-state index in [2.05, 4.69) is 10.2 Å². The fourth-order valence-corrected chi connectivity index (χ4v) is 2.85. The summed E-state index contributed by atoms with van der Waals surface area (Å²) in [5.41, 5.74) is 0.874. The minimum absolute atomic E-state index is 0.0593. The van der Waals surface area contributed by atoms with E-state index in [1.807, 2.05) is 49.2 Å². The van der Waals surface area contributed by atoms with Crippen molar-refractivity contribution in [2.24, 2.45) is 0 Å². The van der Waals surface area contributed by atoms with Crippen molar-refractivity contribution in [3.63, 3.8) is 0 Å². The van der Waals surface area contributed by atoms with Gasteiger partial charge in [0.2, 0.25) is 17.7 Å². The molecule has 0 bridgehead atoms. The van der Waals surface area contributed by atoms with Gasteiger partial charge in [-0.2, -0.15) is 0 Å². The Hall–Kier alpha value is -2.25. The molecule has 1 aliphatic heterocycles. The average molecular weight is 344 g/mol. The molecule has 1 aliphatic rings. The van der Waals surface area contributed by atoms with Crippen molar-refractivity contribution in [1.82, 2.24) is 20.0 Å². The lowest BCUT2D eigenvalue weighted by Gasteiger charge is -2.31. The van der Waals surface area contributed by atoms with Gasteiger partial charge in [-0.3, -0.25) is 9.69 Å². The molecule has 1 atom stereocenters. The van der Waals surface area contributed by atoms with Crippen LogP contribution in [0.25, 0.3) is 11.5 Å². The molecule has 1 aromatic heterocycles. The van der Waals surface area contributed by atoms with E-state index in [0.717, 1.165) is 5.56 Å². The van der Waals surface area contributed by atoms with Crippen molar-refractivity contribution < 1.29 is 14.3 Å². The SMILES string of the molecule is CC(c1nnc(-c2ccccc2)o1)N(C)CC(=O)N1CCC(O)CC1. The van der Waals surface area contributed by atoms with Crippen LogP contribution in [0.1, 0.15) is 31.7 Å². The van der Waals surface area contributed by atoms with Gasteiger partial charge in [0.25, 0.3) is 0 Å². The Morgan fingerprint density at radius 2 is 2.00 bits per heavy atom. The molecule has 0 radical (unpaired) electrons. The number of rotatable bonds is 5. The van der Waals surface area contributed by atoms with E-state index < -0.39 is 0 Å². The second-order valence-corrected chi connectivity index (χ2v) is 6.51. The lowest BCUT2D eigenvalue weighted by Crippen LogP contribution is -2.44. The van der Waals surface area contributed by atoms with Crippen molar-refractivity contribution in [2.45, 2.75) is 31.9 Å². The van der Waals surface area contributed by atoms with Crippen molar-refractivity contribution in [3.8, 4) is 11.5 Å². The molecule has 1 amide bonds. The molecule has 7 nitrogen and oxygen atoms in total. The van der Waals surface area contributed by atoms with Crippen LogP contribution >= 0.6 is 0 Å². The molecular weight excluding hydrogens is 320 g/mol. The van der Waals surface area contributed by atoms with Crippen molar-refractivity contribution in [2.75, 3.05) is 26.7 Å². The van der Waals surface area contributed by atoms with Gasteiger partial charge in [0.1, 0.15) is 0 Å². The Labute approximate surface area is 147 Å². The molecule has 1 aromatic carbocycles. The Morgan fingerprint density at radius 3 is 2.68 bits per heavy atom. The molecule has 1 saturated heterocycles. The van der Waals surface area contributed by atoms with E-state index in [1.54, 1.807) is 4.90 Å². The standard InChI is InChI=1S/C18H24N4O3/c1-13(17-19-20-18(25-17)14-6-4-3-5-7-14)21(2)12-16(24)22-10-8-15(23)9-11-22/h3-7,13,15,23H,8-12H2,1-2H3. The second-order valence-electron chi connectivity index (χ2n) is 6.51. The van der Waals surface area contributed by atoms with E-state index in [0.29, 0.717) is 37.7 Å². The first-order chi connectivity index (χ1) is 12.0. The van der Waals surface area contributed by atoms with Crippen LogP contribution in [0, 0.1) is 0 Å². The van der Waals surface area contributed by atoms with Crippen LogP contribution in [0.3, 0.4) is 0 Å². The molecule has 2 aromatic rings. The summed E-state index contributed by atoms with van der Waals surface area (Å²) in [5.74, 6) is 1.03. The number of carbonyl (C=O) groups is 1. The maximum absolute atomic E-state index is 12.4. The topological polar surface area (TPSA) is 82.7 Å². The summed E-state index contributed by atoms with van der Waals surface area (Å²) in [6.07, 6.45) is 1.01. The number of aliphatic hydroxyl groups is 1. The Balaban J connectivity index is 1.60. The van der Waals surface area contributed by atoms with Gasteiger partial charge in [0, 0.05) is 18.7 Å². The first kappa shape index (κ1) is 17.6. The largest absolute Gasteiger partial charge is 0.419 e. The summed E-state index contributed by atoms with van der Waals surface area (Å²) in [6, 6.07) is 9.44. The zero-order valence-electron chi connectivity index (χ0n) is 14.6. The van der Waals surface area contributed by atoms with E-state index in [1.165, 1.54) is 0 Å². The second kappa shape index (κ2) is 7.76. The first-order valence-electron chi connectivity index (χ1n) is 8.59. The molecule has 1 unspecified atom stereocenters. The smallest absolute Gasteiger partial charge is 0.247 e. The van der Waals surface area contributed by atoms with Gasteiger partial charge in [-0.15, -0.1) is 10.2 Å². The third kappa shape index (κ3) is 4.24. The fraction of sp³-hybridized carbons (Fsp3) is 0.500. The average Bonchev–Trinajstić information content (AvgIpc) is 3.12. The Morgan fingerprint density at radius 1 is 1.32 bits per heavy atom. The predicted octanol–water partition coefficient (Wildman–Crippen LogP) is 1.71. The van der Waals surface area contributed by atoms with Crippen LogP contribution in [-0.4, -0.2) is 63.8 Å². The summed E-state index contributed by atoms with van der Waals surface area (Å²) >= 11 is 0. The predicted molar refractivity (Wildman–Crippen MR) is 92.6 cm³/mol. The van der Waals surface area contributed by atoms with Gasteiger partial charge in [-0.1, -0.05) is 18.2 Å². The van der Waals surface area contributed by atoms with Crippen LogP contribution in [-0.2, 0) is 4.79 Å². The van der Waals surface area contributed by atoms with Gasteiger partial charge in [0.15, 0.2) is 0 Å². The summed E-state index contributed by atoms with van der Waals surface area (Å²) in [7, 11) is 1.87. The maximum atomic E-state index is 12.4. The number of likely N-dealkylation sites (N-methyl/N-ethyl adjacent to an activating group) is 1. The number of benzene rings is 1. The number of piperidine rings is 1. The molecule has 1 N–H and O–H groups in total. The monoisotopic (exact) mass is 344 g/mol. The molecule has 0 saturated carbocycles. The molecule has 0 aliphatic carbocycles. The lowest BCUT2D eigenvalue weighted by molar-refractivity contribution is -0.134. The van der Waals surface area contributed by atoms with E-state index in [9.17, 15) is 9.90 Å². The Kier molecular flexibility index (Phi) is 5.45. The molecule has 2 heterocycles. The number of likely N-dealkylation sites (tertiary alicyclic amines) is 1. The Bertz CT molecular complexity index is 695. The van der Waals surface area contributed by atoms with Gasteiger partial charge >= 0.3 is 0 Å². The number of hydrogen-bond acceptors (Lipinski definition) is 6. The minimum Gasteiger partial charge on any atom is -0.419 e. The van der Waals surface area contributed by atoms with Crippen molar-refractivity contribution in [1.29, 1.82) is 0 Å².